The van der Waals surface area contributed by atoms with Crippen LogP contribution in [0, 0.1) is 6.92 Å². The van der Waals surface area contributed by atoms with E-state index in [1.807, 2.05) is 36.6 Å². The Morgan fingerprint density at radius 2 is 1.91 bits per heavy atom. The molecule has 0 unspecified atom stereocenters. The monoisotopic (exact) mass is 507 g/mol. The summed E-state index contributed by atoms with van der Waals surface area (Å²) >= 11 is 1.38. The first-order chi connectivity index (χ1) is 16.8. The molecule has 0 radical (unpaired) electrons. The summed E-state index contributed by atoms with van der Waals surface area (Å²) in [6.07, 6.45) is 1.74. The number of rotatable bonds is 8. The highest BCUT2D eigenvalue weighted by atomic mass is 32.2. The molecule has 0 fully saturated rings. The minimum atomic E-state index is -3.79. The zero-order valence-corrected chi connectivity index (χ0v) is 21.0. The third-order valence-corrected chi connectivity index (χ3v) is 7.61. The van der Waals surface area contributed by atoms with Crippen molar-refractivity contribution in [3.8, 4) is 5.75 Å². The van der Waals surface area contributed by atoms with E-state index in [0.717, 1.165) is 21.5 Å². The van der Waals surface area contributed by atoms with Gasteiger partial charge >= 0.3 is 0 Å². The first-order valence-corrected chi connectivity index (χ1v) is 13.3. The van der Waals surface area contributed by atoms with E-state index in [9.17, 15) is 13.2 Å². The number of allylic oxidation sites excluding steroid dienone is 1. The maximum absolute atomic E-state index is 13.0. The molecule has 4 rings (SSSR count). The summed E-state index contributed by atoms with van der Waals surface area (Å²) < 4.78 is 36.4. The molecule has 0 bridgehead atoms. The maximum atomic E-state index is 13.0. The van der Waals surface area contributed by atoms with Crippen molar-refractivity contribution in [2.75, 3.05) is 11.3 Å². The van der Waals surface area contributed by atoms with Gasteiger partial charge in [0.15, 0.2) is 4.80 Å². The van der Waals surface area contributed by atoms with Crippen LogP contribution in [0.15, 0.2) is 89.3 Å². The molecule has 35 heavy (non-hydrogen) atoms. The smallest absolute Gasteiger partial charge is 0.279 e. The number of sulfonamides is 1. The standard InChI is InChI=1S/C26H25N3O4S2/c1-4-15-29-23-14-11-21(33-5-2)17-24(23)34-26(29)27-25(30)19-7-6-8-20(16-19)28-35(31,32)22-12-9-18(3)10-13-22/h4,6-14,16-17,28H,1,5,15H2,2-3H3. The number of nitrogens with zero attached hydrogens (tertiary/aromatic N) is 2. The van der Waals surface area contributed by atoms with E-state index in [1.165, 1.54) is 17.4 Å². The van der Waals surface area contributed by atoms with E-state index in [-0.39, 0.29) is 16.1 Å². The summed E-state index contributed by atoms with van der Waals surface area (Å²) in [5, 5.41) is 0. The van der Waals surface area contributed by atoms with E-state index < -0.39 is 15.9 Å². The van der Waals surface area contributed by atoms with Crippen LogP contribution in [0.5, 0.6) is 5.75 Å². The molecule has 0 aliphatic heterocycles. The largest absolute Gasteiger partial charge is 0.494 e. The summed E-state index contributed by atoms with van der Waals surface area (Å²) in [5.74, 6) is 0.272. The Kier molecular flexibility index (Phi) is 7.18. The lowest BCUT2D eigenvalue weighted by Gasteiger charge is -2.09. The maximum Gasteiger partial charge on any atom is 0.279 e. The third-order valence-electron chi connectivity index (χ3n) is 5.17. The molecule has 0 saturated heterocycles. The molecule has 180 valence electrons. The molecule has 1 amide bonds. The topological polar surface area (TPSA) is 89.8 Å². The van der Waals surface area contributed by atoms with Gasteiger partial charge in [0.05, 0.1) is 21.7 Å². The fraction of sp³-hybridized carbons (Fsp3) is 0.154. The van der Waals surface area contributed by atoms with Gasteiger partial charge < -0.3 is 9.30 Å². The minimum absolute atomic E-state index is 0.145. The number of anilines is 1. The Morgan fingerprint density at radius 3 is 2.63 bits per heavy atom. The van der Waals surface area contributed by atoms with Gasteiger partial charge in [-0.2, -0.15) is 4.99 Å². The number of nitrogens with one attached hydrogen (secondary N) is 1. The summed E-state index contributed by atoms with van der Waals surface area (Å²) in [5.41, 5.74) is 2.43. The second-order valence-electron chi connectivity index (χ2n) is 7.76. The Morgan fingerprint density at radius 1 is 1.14 bits per heavy atom. The van der Waals surface area contributed by atoms with Crippen LogP contribution >= 0.6 is 11.3 Å². The average molecular weight is 508 g/mol. The van der Waals surface area contributed by atoms with E-state index in [0.29, 0.717) is 18.0 Å². The van der Waals surface area contributed by atoms with Gasteiger partial charge in [0.1, 0.15) is 5.75 Å². The highest BCUT2D eigenvalue weighted by Gasteiger charge is 2.15. The quantitative estimate of drug-likeness (QED) is 0.335. The van der Waals surface area contributed by atoms with Gasteiger partial charge in [-0.25, -0.2) is 8.42 Å². The first kappa shape index (κ1) is 24.4. The number of aromatic nitrogens is 1. The Bertz CT molecular complexity index is 1570. The Balaban J connectivity index is 1.66. The van der Waals surface area contributed by atoms with Crippen LogP contribution in [-0.4, -0.2) is 25.5 Å². The highest BCUT2D eigenvalue weighted by molar-refractivity contribution is 7.92. The Hall–Kier alpha value is -3.69. The molecule has 0 saturated carbocycles. The van der Waals surface area contributed by atoms with Gasteiger partial charge in [-0.15, -0.1) is 6.58 Å². The predicted molar refractivity (Wildman–Crippen MR) is 140 cm³/mol. The molecule has 7 nitrogen and oxygen atoms in total. The van der Waals surface area contributed by atoms with Gasteiger partial charge in [0.25, 0.3) is 15.9 Å². The number of hydrogen-bond donors (Lipinski definition) is 1. The van der Waals surface area contributed by atoms with Crippen molar-refractivity contribution >= 4 is 43.2 Å². The number of carbonyl (C=O) groups excluding carboxylic acids is 1. The van der Waals surface area contributed by atoms with Gasteiger partial charge in [-0.05, 0) is 62.4 Å². The minimum Gasteiger partial charge on any atom is -0.494 e. The number of carbonyl (C=O) groups is 1. The molecule has 1 N–H and O–H groups in total. The van der Waals surface area contributed by atoms with Crippen molar-refractivity contribution in [1.29, 1.82) is 0 Å². The molecular weight excluding hydrogens is 482 g/mol. The number of benzene rings is 3. The van der Waals surface area contributed by atoms with Crippen molar-refractivity contribution in [3.05, 3.63) is 95.3 Å². The van der Waals surface area contributed by atoms with E-state index >= 15 is 0 Å². The number of fused-ring (bicyclic) bond motifs is 1. The van der Waals surface area contributed by atoms with Crippen LogP contribution in [0.25, 0.3) is 10.2 Å². The lowest BCUT2D eigenvalue weighted by molar-refractivity contribution is 0.0998. The molecular formula is C26H25N3O4S2. The van der Waals surface area contributed by atoms with Gasteiger partial charge in [0.2, 0.25) is 0 Å². The van der Waals surface area contributed by atoms with Crippen molar-refractivity contribution < 1.29 is 17.9 Å². The average Bonchev–Trinajstić information content (AvgIpc) is 3.16. The normalized spacial score (nSPS) is 12.0. The SMILES string of the molecule is C=CCn1c(=NC(=O)c2cccc(NS(=O)(=O)c3ccc(C)cc3)c2)sc2cc(OCC)ccc21. The third kappa shape index (κ3) is 5.52. The molecule has 0 aliphatic rings. The zero-order chi connectivity index (χ0) is 25.0. The second kappa shape index (κ2) is 10.3. The van der Waals surface area contributed by atoms with Gasteiger partial charge in [-0.1, -0.05) is 41.2 Å². The van der Waals surface area contributed by atoms with E-state index in [1.54, 1.807) is 48.5 Å². The highest BCUT2D eigenvalue weighted by Crippen LogP contribution is 2.24. The molecule has 3 aromatic carbocycles. The van der Waals surface area contributed by atoms with Crippen LogP contribution in [-0.2, 0) is 16.6 Å². The lowest BCUT2D eigenvalue weighted by Crippen LogP contribution is -2.16. The number of hydrogen-bond acceptors (Lipinski definition) is 5. The number of ether oxygens (including phenoxy) is 1. The predicted octanol–water partition coefficient (Wildman–Crippen LogP) is 5.14. The molecule has 0 spiro atoms. The van der Waals surface area contributed by atoms with Crippen LogP contribution in [0.2, 0.25) is 0 Å². The van der Waals surface area contributed by atoms with E-state index in [4.69, 9.17) is 4.74 Å². The molecule has 1 heterocycles. The van der Waals surface area contributed by atoms with Crippen LogP contribution < -0.4 is 14.3 Å². The molecule has 4 aromatic rings. The summed E-state index contributed by atoms with van der Waals surface area (Å²) in [4.78, 5) is 18.0. The first-order valence-electron chi connectivity index (χ1n) is 11.0. The second-order valence-corrected chi connectivity index (χ2v) is 10.5. The molecule has 1 aromatic heterocycles. The number of thiazole rings is 1. The van der Waals surface area contributed by atoms with Crippen molar-refractivity contribution in [2.24, 2.45) is 4.99 Å². The molecule has 0 atom stereocenters. The van der Waals surface area contributed by atoms with Crippen molar-refractivity contribution in [2.45, 2.75) is 25.3 Å². The summed E-state index contributed by atoms with van der Waals surface area (Å²) in [6.45, 7) is 8.66. The van der Waals surface area contributed by atoms with Crippen molar-refractivity contribution in [1.82, 2.24) is 4.57 Å². The molecule has 9 heteroatoms. The fourth-order valence-corrected chi connectivity index (χ4v) is 5.62. The lowest BCUT2D eigenvalue weighted by atomic mass is 10.2. The van der Waals surface area contributed by atoms with Crippen molar-refractivity contribution in [3.63, 3.8) is 0 Å². The van der Waals surface area contributed by atoms with Gasteiger partial charge in [-0.3, -0.25) is 9.52 Å². The number of amides is 1. The van der Waals surface area contributed by atoms with Gasteiger partial charge in [0, 0.05) is 17.8 Å². The Labute approximate surface area is 208 Å². The fourth-order valence-electron chi connectivity index (χ4n) is 3.50. The van der Waals surface area contributed by atoms with Crippen LogP contribution in [0.3, 0.4) is 0 Å². The van der Waals surface area contributed by atoms with Crippen LogP contribution in [0.1, 0.15) is 22.8 Å². The number of aryl methyl sites for hydroxylation is 1. The zero-order valence-electron chi connectivity index (χ0n) is 19.4. The van der Waals surface area contributed by atoms with Crippen LogP contribution in [0.4, 0.5) is 5.69 Å². The summed E-state index contributed by atoms with van der Waals surface area (Å²) in [6, 6.07) is 18.6. The summed E-state index contributed by atoms with van der Waals surface area (Å²) in [7, 11) is -3.79. The van der Waals surface area contributed by atoms with E-state index in [2.05, 4.69) is 16.3 Å². The molecule has 0 aliphatic carbocycles.